The Morgan fingerprint density at radius 1 is 1.26 bits per heavy atom. The lowest BCUT2D eigenvalue weighted by molar-refractivity contribution is -0.133. The van der Waals surface area contributed by atoms with Crippen molar-refractivity contribution in [3.05, 3.63) is 58.1 Å². The molecule has 1 heterocycles. The second-order valence-electron chi connectivity index (χ2n) is 4.90. The van der Waals surface area contributed by atoms with E-state index in [2.05, 4.69) is 5.32 Å². The van der Waals surface area contributed by atoms with Gasteiger partial charge in [-0.3, -0.25) is 0 Å². The molecule has 1 atom stereocenters. The highest BCUT2D eigenvalue weighted by Gasteiger charge is 2.31. The number of allylic oxidation sites excluding steroid dienone is 3. The van der Waals surface area contributed by atoms with Crippen molar-refractivity contribution in [3.8, 4) is 0 Å². The highest BCUT2D eigenvalue weighted by Crippen LogP contribution is 2.35. The second kappa shape index (κ2) is 4.80. The predicted molar refractivity (Wildman–Crippen MR) is 74.3 cm³/mol. The molecule has 100 valence electrons. The first-order valence-corrected chi connectivity index (χ1v) is 6.15. The second-order valence-corrected chi connectivity index (χ2v) is 4.90. The molecule has 19 heavy (non-hydrogen) atoms. The Bertz CT molecular complexity index is 600. The van der Waals surface area contributed by atoms with Crippen LogP contribution in [0.3, 0.4) is 0 Å². The summed E-state index contributed by atoms with van der Waals surface area (Å²) < 4.78 is 0. The van der Waals surface area contributed by atoms with Crippen molar-refractivity contribution in [2.24, 2.45) is 5.73 Å². The van der Waals surface area contributed by atoms with E-state index in [1.807, 2.05) is 38.1 Å². The lowest BCUT2D eigenvalue weighted by Crippen LogP contribution is -2.31. The van der Waals surface area contributed by atoms with Crippen LogP contribution < -0.4 is 11.1 Å². The van der Waals surface area contributed by atoms with Gasteiger partial charge in [0.1, 0.15) is 0 Å². The maximum atomic E-state index is 11.5. The highest BCUT2D eigenvalue weighted by molar-refractivity contribution is 5.90. The lowest BCUT2D eigenvalue weighted by Gasteiger charge is -2.28. The van der Waals surface area contributed by atoms with Crippen molar-refractivity contribution in [1.82, 2.24) is 5.32 Å². The normalized spacial score (nSPS) is 19.4. The van der Waals surface area contributed by atoms with Crippen LogP contribution in [0.25, 0.3) is 0 Å². The Labute approximate surface area is 112 Å². The molecule has 2 rings (SSSR count). The Morgan fingerprint density at radius 2 is 1.95 bits per heavy atom. The Balaban J connectivity index is 2.61. The number of benzene rings is 1. The Kier molecular flexibility index (Phi) is 3.34. The number of carboxylic acids is 1. The molecule has 4 nitrogen and oxygen atoms in total. The van der Waals surface area contributed by atoms with Gasteiger partial charge in [-0.05, 0) is 26.3 Å². The molecule has 1 aromatic carbocycles. The maximum Gasteiger partial charge on any atom is 0.334 e. The van der Waals surface area contributed by atoms with E-state index >= 15 is 0 Å². The third kappa shape index (κ3) is 2.34. The van der Waals surface area contributed by atoms with Crippen molar-refractivity contribution in [3.63, 3.8) is 0 Å². The molecule has 0 bridgehead atoms. The molecule has 0 spiro atoms. The summed E-state index contributed by atoms with van der Waals surface area (Å²) in [4.78, 5) is 11.5. The summed E-state index contributed by atoms with van der Waals surface area (Å²) in [6.45, 7) is 5.61. The van der Waals surface area contributed by atoms with Crippen LogP contribution in [0.4, 0.5) is 0 Å². The van der Waals surface area contributed by atoms with Gasteiger partial charge in [0.05, 0.1) is 11.5 Å². The summed E-state index contributed by atoms with van der Waals surface area (Å²) in [6, 6.07) is 7.80. The van der Waals surface area contributed by atoms with Crippen LogP contribution in [0.1, 0.15) is 30.9 Å². The van der Waals surface area contributed by atoms with E-state index in [9.17, 15) is 9.90 Å². The number of carbonyl (C=O) groups is 1. The number of nitrogens with two attached hydrogens (primary N) is 1. The van der Waals surface area contributed by atoms with Crippen molar-refractivity contribution >= 4 is 5.97 Å². The van der Waals surface area contributed by atoms with E-state index < -0.39 is 11.9 Å². The van der Waals surface area contributed by atoms with Crippen molar-refractivity contribution in [1.29, 1.82) is 0 Å². The molecule has 0 saturated carbocycles. The molecule has 1 aliphatic rings. The zero-order chi connectivity index (χ0) is 14.2. The van der Waals surface area contributed by atoms with Gasteiger partial charge >= 0.3 is 5.97 Å². The van der Waals surface area contributed by atoms with Gasteiger partial charge in [0.25, 0.3) is 0 Å². The molecular weight excluding hydrogens is 240 g/mol. The predicted octanol–water partition coefficient (Wildman–Crippen LogP) is 2.23. The van der Waals surface area contributed by atoms with Crippen LogP contribution >= 0.6 is 0 Å². The molecule has 4 heteroatoms. The minimum Gasteiger partial charge on any atom is -0.478 e. The molecule has 1 unspecified atom stereocenters. The molecule has 1 aliphatic heterocycles. The number of aryl methyl sites for hydroxylation is 1. The summed E-state index contributed by atoms with van der Waals surface area (Å²) >= 11 is 0. The average Bonchev–Trinajstić information content (AvgIpc) is 2.32. The third-order valence-corrected chi connectivity index (χ3v) is 3.42. The smallest absolute Gasteiger partial charge is 0.334 e. The summed E-state index contributed by atoms with van der Waals surface area (Å²) in [7, 11) is 0. The zero-order valence-electron chi connectivity index (χ0n) is 11.3. The van der Waals surface area contributed by atoms with Crippen LogP contribution in [0.15, 0.2) is 46.9 Å². The van der Waals surface area contributed by atoms with Crippen LogP contribution in [0.2, 0.25) is 0 Å². The van der Waals surface area contributed by atoms with E-state index in [4.69, 9.17) is 5.73 Å². The van der Waals surface area contributed by atoms with Gasteiger partial charge in [-0.25, -0.2) is 4.79 Å². The van der Waals surface area contributed by atoms with Gasteiger partial charge in [0.15, 0.2) is 0 Å². The number of hydrogen-bond donors (Lipinski definition) is 3. The van der Waals surface area contributed by atoms with E-state index in [-0.39, 0.29) is 0 Å². The Hall–Kier alpha value is -2.23. The summed E-state index contributed by atoms with van der Waals surface area (Å²) in [6.07, 6.45) is 0. The highest BCUT2D eigenvalue weighted by atomic mass is 16.4. The average molecular weight is 258 g/mol. The molecule has 1 aromatic rings. The number of carboxylic acid groups (broad SMARTS) is 1. The van der Waals surface area contributed by atoms with E-state index in [1.54, 1.807) is 6.92 Å². The molecule has 0 fully saturated rings. The molecule has 0 radical (unpaired) electrons. The van der Waals surface area contributed by atoms with E-state index in [0.29, 0.717) is 17.0 Å². The summed E-state index contributed by atoms with van der Waals surface area (Å²) in [5.74, 6) is -1.33. The van der Waals surface area contributed by atoms with Gasteiger partial charge in [-0.2, -0.15) is 0 Å². The summed E-state index contributed by atoms with van der Waals surface area (Å²) in [5.41, 5.74) is 10.4. The van der Waals surface area contributed by atoms with Crippen molar-refractivity contribution in [2.75, 3.05) is 0 Å². The zero-order valence-corrected chi connectivity index (χ0v) is 11.3. The first-order chi connectivity index (χ1) is 8.91. The van der Waals surface area contributed by atoms with E-state index in [0.717, 1.165) is 16.8 Å². The molecule has 0 aliphatic carbocycles. The molecule has 0 amide bonds. The fourth-order valence-electron chi connectivity index (χ4n) is 2.49. The van der Waals surface area contributed by atoms with E-state index in [1.165, 1.54) is 0 Å². The van der Waals surface area contributed by atoms with Gasteiger partial charge < -0.3 is 16.2 Å². The van der Waals surface area contributed by atoms with Crippen LogP contribution in [-0.4, -0.2) is 11.1 Å². The minimum absolute atomic E-state index is 0.314. The third-order valence-electron chi connectivity index (χ3n) is 3.42. The summed E-state index contributed by atoms with van der Waals surface area (Å²) in [5, 5.41) is 12.5. The standard InChI is InChI=1S/C15H18N2O2/c1-8-5-4-6-11(7-8)13-12(15(18)19)9(2)17-10(3)14(13)16/h4-7,13,17H,16H2,1-3H3,(H,18,19). The van der Waals surface area contributed by atoms with Gasteiger partial charge in [-0.15, -0.1) is 0 Å². The Morgan fingerprint density at radius 3 is 2.53 bits per heavy atom. The molecule has 4 N–H and O–H groups in total. The minimum atomic E-state index is -0.938. The molecule has 0 saturated heterocycles. The van der Waals surface area contributed by atoms with Gasteiger partial charge in [-0.1, -0.05) is 29.8 Å². The first kappa shape index (κ1) is 13.2. The van der Waals surface area contributed by atoms with Crippen molar-refractivity contribution < 1.29 is 9.90 Å². The van der Waals surface area contributed by atoms with Crippen LogP contribution in [0.5, 0.6) is 0 Å². The fraction of sp³-hybridized carbons (Fsp3) is 0.267. The molecular formula is C15H18N2O2. The number of hydrogen-bond acceptors (Lipinski definition) is 3. The topological polar surface area (TPSA) is 75.4 Å². The molecule has 0 aromatic heterocycles. The number of aliphatic carboxylic acids is 1. The monoisotopic (exact) mass is 258 g/mol. The number of rotatable bonds is 2. The van der Waals surface area contributed by atoms with Crippen molar-refractivity contribution in [2.45, 2.75) is 26.7 Å². The quantitative estimate of drug-likeness (QED) is 0.760. The van der Waals surface area contributed by atoms with Gasteiger partial charge in [0, 0.05) is 17.1 Å². The largest absolute Gasteiger partial charge is 0.478 e. The van der Waals surface area contributed by atoms with Crippen LogP contribution in [-0.2, 0) is 4.79 Å². The maximum absolute atomic E-state index is 11.5. The lowest BCUT2D eigenvalue weighted by atomic mass is 9.84. The number of nitrogens with one attached hydrogen (secondary N) is 1. The fourth-order valence-corrected chi connectivity index (χ4v) is 2.49. The van der Waals surface area contributed by atoms with Gasteiger partial charge in [0.2, 0.25) is 0 Å². The SMILES string of the molecule is CC1=C(N)C(c2cccc(C)c2)C(C(=O)O)=C(C)N1. The number of dihydropyridines is 1. The van der Waals surface area contributed by atoms with Crippen LogP contribution in [0, 0.1) is 6.92 Å². The first-order valence-electron chi connectivity index (χ1n) is 6.15.